The normalized spacial score (nSPS) is 54.7. The summed E-state index contributed by atoms with van der Waals surface area (Å²) in [5.74, 6) is 4.35. The summed E-state index contributed by atoms with van der Waals surface area (Å²) in [5.41, 5.74) is 1.05. The number of fused-ring (bicyclic) bond motifs is 5. The lowest BCUT2D eigenvalue weighted by Crippen LogP contribution is -2.52. The lowest BCUT2D eigenvalue weighted by Gasteiger charge is -2.60. The minimum Gasteiger partial charge on any atom is -0.411 e. The Balaban J connectivity index is 1.62. The minimum atomic E-state index is 0.408. The highest BCUT2D eigenvalue weighted by Crippen LogP contribution is 2.67. The monoisotopic (exact) mass is 303 g/mol. The highest BCUT2D eigenvalue weighted by molar-refractivity contribution is 5.62. The van der Waals surface area contributed by atoms with E-state index >= 15 is 0 Å². The van der Waals surface area contributed by atoms with Crippen molar-refractivity contribution in [1.29, 1.82) is 0 Å². The molecule has 0 aromatic rings. The van der Waals surface area contributed by atoms with Crippen LogP contribution in [0.5, 0.6) is 0 Å². The first-order valence-corrected chi connectivity index (χ1v) is 9.77. The number of nitrogens with zero attached hydrogens (tertiary/aromatic N) is 1. The van der Waals surface area contributed by atoms with Crippen LogP contribution in [-0.4, -0.2) is 11.4 Å². The highest BCUT2D eigenvalue weighted by Gasteiger charge is 2.59. The van der Waals surface area contributed by atoms with E-state index in [9.17, 15) is 0 Å². The largest absolute Gasteiger partial charge is 0.411 e. The molecule has 0 aromatic heterocycles. The molecule has 2 nitrogen and oxygen atoms in total. The zero-order valence-electron chi connectivity index (χ0n) is 14.4. The van der Waals surface area contributed by atoms with Crippen LogP contribution in [0.4, 0.5) is 0 Å². The van der Waals surface area contributed by atoms with Gasteiger partial charge in [0.05, 0.1) is 0 Å². The number of hydrogen-bond donors (Lipinski definition) is 1. The molecule has 4 fully saturated rings. The van der Waals surface area contributed by atoms with E-state index in [1.54, 1.807) is 0 Å². The smallest absolute Gasteiger partial charge is 0.0472 e. The van der Waals surface area contributed by atoms with Crippen molar-refractivity contribution in [3.63, 3.8) is 0 Å². The Labute approximate surface area is 135 Å². The van der Waals surface area contributed by atoms with Gasteiger partial charge in [-0.1, -0.05) is 26.7 Å². The summed E-state index contributed by atoms with van der Waals surface area (Å²) >= 11 is 0. The van der Waals surface area contributed by atoms with E-state index in [1.807, 2.05) is 6.21 Å². The van der Waals surface area contributed by atoms with Crippen LogP contribution in [0.25, 0.3) is 0 Å². The van der Waals surface area contributed by atoms with Gasteiger partial charge in [0.25, 0.3) is 0 Å². The van der Waals surface area contributed by atoms with Crippen LogP contribution in [-0.2, 0) is 0 Å². The van der Waals surface area contributed by atoms with E-state index in [2.05, 4.69) is 19.0 Å². The second kappa shape index (κ2) is 5.24. The topological polar surface area (TPSA) is 32.6 Å². The Morgan fingerprint density at radius 1 is 0.864 bits per heavy atom. The van der Waals surface area contributed by atoms with Gasteiger partial charge in [-0.15, -0.1) is 5.16 Å². The lowest BCUT2D eigenvalue weighted by atomic mass is 9.45. The maximum atomic E-state index is 9.03. The molecule has 1 N–H and O–H groups in total. The second-order valence-electron chi connectivity index (χ2n) is 9.40. The van der Waals surface area contributed by atoms with Crippen LogP contribution in [0.3, 0.4) is 0 Å². The van der Waals surface area contributed by atoms with Gasteiger partial charge in [0, 0.05) is 12.1 Å². The molecule has 0 heterocycles. The van der Waals surface area contributed by atoms with Crippen molar-refractivity contribution in [2.75, 3.05) is 0 Å². The van der Waals surface area contributed by atoms with Crippen LogP contribution >= 0.6 is 0 Å². The average molecular weight is 303 g/mol. The van der Waals surface area contributed by atoms with Crippen molar-refractivity contribution >= 4 is 6.21 Å². The van der Waals surface area contributed by atoms with Gasteiger partial charge in [0.1, 0.15) is 0 Å². The molecule has 0 aromatic carbocycles. The Kier molecular flexibility index (Phi) is 3.58. The maximum absolute atomic E-state index is 9.03. The maximum Gasteiger partial charge on any atom is 0.0472 e. The summed E-state index contributed by atoms with van der Waals surface area (Å²) in [7, 11) is 0. The number of rotatable bonds is 1. The average Bonchev–Trinajstić information content (AvgIpc) is 2.84. The molecular formula is C20H33NO. The second-order valence-corrected chi connectivity index (χ2v) is 9.40. The van der Waals surface area contributed by atoms with Crippen LogP contribution in [0.2, 0.25) is 0 Å². The molecule has 22 heavy (non-hydrogen) atoms. The van der Waals surface area contributed by atoms with Crippen molar-refractivity contribution in [1.82, 2.24) is 0 Å². The molecule has 2 heteroatoms. The van der Waals surface area contributed by atoms with Gasteiger partial charge >= 0.3 is 0 Å². The molecule has 4 rings (SSSR count). The van der Waals surface area contributed by atoms with Gasteiger partial charge in [0.2, 0.25) is 0 Å². The summed E-state index contributed by atoms with van der Waals surface area (Å²) in [6.45, 7) is 5.15. The van der Waals surface area contributed by atoms with Crippen molar-refractivity contribution < 1.29 is 5.21 Å². The number of oxime groups is 1. The quantitative estimate of drug-likeness (QED) is 0.387. The first-order chi connectivity index (χ1) is 10.6. The van der Waals surface area contributed by atoms with Gasteiger partial charge in [-0.3, -0.25) is 0 Å². The van der Waals surface area contributed by atoms with Crippen molar-refractivity contribution in [3.8, 4) is 0 Å². The van der Waals surface area contributed by atoms with Crippen molar-refractivity contribution in [3.05, 3.63) is 0 Å². The summed E-state index contributed by atoms with van der Waals surface area (Å²) in [6.07, 6.45) is 16.2. The Morgan fingerprint density at radius 2 is 1.68 bits per heavy atom. The molecule has 4 aliphatic rings. The van der Waals surface area contributed by atoms with Crippen LogP contribution in [0, 0.1) is 40.4 Å². The fraction of sp³-hybridized carbons (Fsp3) is 0.950. The molecular weight excluding hydrogens is 270 g/mol. The first kappa shape index (κ1) is 15.0. The predicted octanol–water partition coefficient (Wildman–Crippen LogP) is 5.50. The highest BCUT2D eigenvalue weighted by atomic mass is 16.4. The summed E-state index contributed by atoms with van der Waals surface area (Å²) < 4.78 is 0. The molecule has 0 bridgehead atoms. The zero-order chi connectivity index (χ0) is 15.4. The molecule has 4 aliphatic carbocycles. The third kappa shape index (κ3) is 1.94. The van der Waals surface area contributed by atoms with Gasteiger partial charge < -0.3 is 5.21 Å². The van der Waals surface area contributed by atoms with Crippen molar-refractivity contribution in [2.45, 2.75) is 78.1 Å². The molecule has 0 aliphatic heterocycles. The van der Waals surface area contributed by atoms with E-state index in [0.717, 1.165) is 23.7 Å². The Morgan fingerprint density at radius 3 is 2.50 bits per heavy atom. The number of hydrogen-bond acceptors (Lipinski definition) is 2. The van der Waals surface area contributed by atoms with E-state index < -0.39 is 0 Å². The summed E-state index contributed by atoms with van der Waals surface area (Å²) in [5, 5.41) is 12.4. The molecule has 4 saturated carbocycles. The molecule has 0 amide bonds. The molecule has 0 saturated heterocycles. The summed E-state index contributed by atoms with van der Waals surface area (Å²) in [4.78, 5) is 0. The van der Waals surface area contributed by atoms with Gasteiger partial charge in [-0.25, -0.2) is 0 Å². The van der Waals surface area contributed by atoms with Crippen LogP contribution in [0.15, 0.2) is 5.16 Å². The van der Waals surface area contributed by atoms with Gasteiger partial charge in [-0.2, -0.15) is 0 Å². The Bertz CT molecular complexity index is 461. The van der Waals surface area contributed by atoms with Gasteiger partial charge in [0.15, 0.2) is 0 Å². The van der Waals surface area contributed by atoms with E-state index in [-0.39, 0.29) is 0 Å². The molecule has 0 radical (unpaired) electrons. The Hall–Kier alpha value is -0.530. The fourth-order valence-electron chi connectivity index (χ4n) is 7.66. The van der Waals surface area contributed by atoms with E-state index in [0.29, 0.717) is 16.7 Å². The molecule has 0 unspecified atom stereocenters. The third-order valence-electron chi connectivity index (χ3n) is 8.90. The molecule has 7 atom stereocenters. The van der Waals surface area contributed by atoms with Crippen LogP contribution in [0.1, 0.15) is 78.1 Å². The SMILES string of the molecule is C[C@]12CCCC[C@H]1CC[C@@H]1[C@@H]2CC[C@]2(C)[C@@H](C=NO)CC[C@@H]12. The molecule has 124 valence electrons. The molecule has 0 spiro atoms. The zero-order valence-corrected chi connectivity index (χ0v) is 14.4. The van der Waals surface area contributed by atoms with Gasteiger partial charge in [-0.05, 0) is 85.9 Å². The minimum absolute atomic E-state index is 0.408. The van der Waals surface area contributed by atoms with E-state index in [4.69, 9.17) is 5.21 Å². The van der Waals surface area contributed by atoms with Crippen molar-refractivity contribution in [2.24, 2.45) is 45.6 Å². The third-order valence-corrected chi connectivity index (χ3v) is 8.90. The first-order valence-electron chi connectivity index (χ1n) is 9.77. The lowest BCUT2D eigenvalue weighted by molar-refractivity contribution is -0.106. The summed E-state index contributed by atoms with van der Waals surface area (Å²) in [6, 6.07) is 0. The van der Waals surface area contributed by atoms with Crippen LogP contribution < -0.4 is 0 Å². The fourth-order valence-corrected chi connectivity index (χ4v) is 7.66. The predicted molar refractivity (Wildman–Crippen MR) is 90.1 cm³/mol. The van der Waals surface area contributed by atoms with E-state index in [1.165, 1.54) is 64.2 Å². The standard InChI is InChI=1S/C20H33NO/c1-19-11-4-3-5-14(19)6-8-16-17-9-7-15(13-21-22)20(17,2)12-10-18(16)19/h13-18,22H,3-12H2,1-2H3/t14-,15+,16-,17-,18-,19-,20+/m0/s1.